The van der Waals surface area contributed by atoms with Gasteiger partial charge in [-0.15, -0.1) is 0 Å². The van der Waals surface area contributed by atoms with Crippen LogP contribution >= 0.6 is 0 Å². The van der Waals surface area contributed by atoms with Crippen LogP contribution in [0.25, 0.3) is 17.4 Å². The first-order valence-electron chi connectivity index (χ1n) is 9.58. The molecular weight excluding hydrogens is 400 g/mol. The lowest BCUT2D eigenvalue weighted by Crippen LogP contribution is -2.44. The van der Waals surface area contributed by atoms with E-state index in [-0.39, 0.29) is 29.9 Å². The summed E-state index contributed by atoms with van der Waals surface area (Å²) in [6.45, 7) is 2.93. The molecule has 158 valence electrons. The van der Waals surface area contributed by atoms with Crippen molar-refractivity contribution in [2.45, 2.75) is 13.8 Å². The highest BCUT2D eigenvalue weighted by Gasteiger charge is 2.35. The van der Waals surface area contributed by atoms with Crippen molar-refractivity contribution in [1.29, 1.82) is 5.26 Å². The molecule has 31 heavy (non-hydrogen) atoms. The molecule has 0 atom stereocenters. The number of benzene rings is 1. The van der Waals surface area contributed by atoms with E-state index in [2.05, 4.69) is 0 Å². The Morgan fingerprint density at radius 3 is 2.52 bits per heavy atom. The van der Waals surface area contributed by atoms with Gasteiger partial charge in [0.1, 0.15) is 23.2 Å². The zero-order valence-electron chi connectivity index (χ0n) is 17.0. The number of aliphatic hydroxyl groups is 1. The van der Waals surface area contributed by atoms with Gasteiger partial charge in [-0.1, -0.05) is 12.1 Å². The molecule has 2 heterocycles. The molecule has 1 aliphatic rings. The minimum atomic E-state index is -0.724. The second-order valence-electron chi connectivity index (χ2n) is 6.66. The first-order valence-corrected chi connectivity index (χ1v) is 9.58. The Bertz CT molecular complexity index is 1130. The number of hydrogen-bond donors (Lipinski definition) is 1. The van der Waals surface area contributed by atoms with Gasteiger partial charge in [0.15, 0.2) is 0 Å². The molecule has 2 amide bonds. The van der Waals surface area contributed by atoms with Gasteiger partial charge in [-0.25, -0.2) is 4.79 Å². The number of hydrogen-bond acceptors (Lipinski definition) is 7. The van der Waals surface area contributed by atoms with Crippen molar-refractivity contribution in [2.24, 2.45) is 0 Å². The van der Waals surface area contributed by atoms with Crippen LogP contribution in [0, 0.1) is 11.3 Å². The summed E-state index contributed by atoms with van der Waals surface area (Å²) in [4.78, 5) is 37.6. The number of ether oxygens (including phenoxy) is 1. The summed E-state index contributed by atoms with van der Waals surface area (Å²) < 4.78 is 10.8. The Morgan fingerprint density at radius 1 is 1.19 bits per heavy atom. The van der Waals surface area contributed by atoms with Crippen LogP contribution in [-0.2, 0) is 14.3 Å². The quantitative estimate of drug-likeness (QED) is 0.433. The molecule has 0 aliphatic carbocycles. The van der Waals surface area contributed by atoms with Crippen molar-refractivity contribution in [1.82, 2.24) is 4.90 Å². The fraction of sp³-hybridized carbons (Fsp3) is 0.217. The van der Waals surface area contributed by atoms with Gasteiger partial charge in [0.2, 0.25) is 0 Å². The summed E-state index contributed by atoms with van der Waals surface area (Å²) in [5.74, 6) is -0.878. The zero-order valence-corrected chi connectivity index (χ0v) is 17.0. The van der Waals surface area contributed by atoms with Gasteiger partial charge in [0.25, 0.3) is 11.8 Å². The van der Waals surface area contributed by atoms with E-state index in [1.807, 2.05) is 6.07 Å². The van der Waals surface area contributed by atoms with E-state index in [4.69, 9.17) is 14.3 Å². The average Bonchev–Trinajstić information content (AvgIpc) is 3.23. The van der Waals surface area contributed by atoms with Gasteiger partial charge in [-0.05, 0) is 49.8 Å². The largest absolute Gasteiger partial charge is 0.462 e. The molecule has 0 radical (unpaired) electrons. The lowest BCUT2D eigenvalue weighted by Gasteiger charge is -2.26. The predicted molar refractivity (Wildman–Crippen MR) is 110 cm³/mol. The minimum Gasteiger partial charge on any atom is -0.462 e. The lowest BCUT2D eigenvalue weighted by atomic mass is 9.95. The Hall–Kier alpha value is -3.96. The summed E-state index contributed by atoms with van der Waals surface area (Å²) in [6.07, 6.45) is 1.46. The van der Waals surface area contributed by atoms with Crippen molar-refractivity contribution in [2.75, 3.05) is 19.8 Å². The summed E-state index contributed by atoms with van der Waals surface area (Å²) in [6, 6.07) is 11.9. The summed E-state index contributed by atoms with van der Waals surface area (Å²) in [5, 5.41) is 18.5. The van der Waals surface area contributed by atoms with E-state index in [0.717, 1.165) is 10.5 Å². The average molecular weight is 420 g/mol. The maximum Gasteiger partial charge on any atom is 0.338 e. The fourth-order valence-corrected chi connectivity index (χ4v) is 3.15. The molecule has 1 N–H and O–H groups in total. The van der Waals surface area contributed by atoms with Crippen LogP contribution in [0.15, 0.2) is 57.5 Å². The van der Waals surface area contributed by atoms with Crippen LogP contribution in [0.2, 0.25) is 0 Å². The van der Waals surface area contributed by atoms with E-state index in [0.29, 0.717) is 17.1 Å². The Morgan fingerprint density at radius 2 is 1.90 bits per heavy atom. The summed E-state index contributed by atoms with van der Waals surface area (Å²) in [7, 11) is 0. The van der Waals surface area contributed by atoms with Gasteiger partial charge >= 0.3 is 5.97 Å². The molecule has 1 aromatic heterocycles. The molecule has 1 aliphatic heterocycles. The van der Waals surface area contributed by atoms with E-state index >= 15 is 0 Å². The topological polar surface area (TPSA) is 121 Å². The van der Waals surface area contributed by atoms with Gasteiger partial charge in [0, 0.05) is 11.1 Å². The molecular formula is C23H20N2O6. The van der Waals surface area contributed by atoms with Crippen LogP contribution in [0.5, 0.6) is 0 Å². The van der Waals surface area contributed by atoms with Gasteiger partial charge in [-0.2, -0.15) is 5.26 Å². The van der Waals surface area contributed by atoms with Crippen molar-refractivity contribution < 1.29 is 28.6 Å². The number of imide groups is 1. The van der Waals surface area contributed by atoms with E-state index in [9.17, 15) is 19.6 Å². The van der Waals surface area contributed by atoms with Crippen molar-refractivity contribution in [3.8, 4) is 17.4 Å². The molecule has 0 unspecified atom stereocenters. The third-order valence-corrected chi connectivity index (χ3v) is 4.74. The number of carbonyl (C=O) groups is 3. The SMILES string of the molecule is CCOC(=O)c1ccc(-c2ccc(C=C3C(=O)N(CCO)C(=O)C(C#N)=C3C)o2)cc1. The molecule has 1 aromatic carbocycles. The van der Waals surface area contributed by atoms with Crippen LogP contribution in [0.4, 0.5) is 0 Å². The Kier molecular flexibility index (Phi) is 6.48. The molecule has 0 saturated carbocycles. The molecule has 2 aromatic rings. The number of rotatable bonds is 6. The number of carbonyl (C=O) groups excluding carboxylic acids is 3. The van der Waals surface area contributed by atoms with Gasteiger partial charge in [0.05, 0.1) is 25.3 Å². The predicted octanol–water partition coefficient (Wildman–Crippen LogP) is 2.71. The first kappa shape index (κ1) is 21.7. The molecule has 8 heteroatoms. The zero-order chi connectivity index (χ0) is 22.5. The van der Waals surface area contributed by atoms with E-state index in [1.165, 1.54) is 13.0 Å². The van der Waals surface area contributed by atoms with E-state index < -0.39 is 24.4 Å². The third kappa shape index (κ3) is 4.32. The number of aliphatic hydroxyl groups excluding tert-OH is 1. The highest BCUT2D eigenvalue weighted by molar-refractivity contribution is 6.19. The number of β-amino-alcohol motifs (C(OH)–C–C–N with tert-alkyl or cyclic N) is 1. The Labute approximate surface area is 178 Å². The normalized spacial score (nSPS) is 15.4. The first-order chi connectivity index (χ1) is 14.9. The number of nitrogens with zero attached hydrogens (tertiary/aromatic N) is 2. The van der Waals surface area contributed by atoms with Crippen molar-refractivity contribution >= 4 is 23.9 Å². The standard InChI is InChI=1S/C23H20N2O6/c1-3-30-23(29)16-6-4-15(5-7-16)20-9-8-17(31-20)12-18-14(2)19(13-24)22(28)25(10-11-26)21(18)27/h4-9,12,26H,3,10-11H2,1-2H3. The number of furan rings is 1. The summed E-state index contributed by atoms with van der Waals surface area (Å²) in [5.41, 5.74) is 1.38. The summed E-state index contributed by atoms with van der Waals surface area (Å²) >= 11 is 0. The van der Waals surface area contributed by atoms with Crippen LogP contribution in [0.1, 0.15) is 30.0 Å². The smallest absolute Gasteiger partial charge is 0.338 e. The van der Waals surface area contributed by atoms with Crippen LogP contribution in [0.3, 0.4) is 0 Å². The monoisotopic (exact) mass is 420 g/mol. The molecule has 0 fully saturated rings. The second kappa shape index (κ2) is 9.24. The van der Waals surface area contributed by atoms with Gasteiger partial charge in [-0.3, -0.25) is 14.5 Å². The maximum atomic E-state index is 12.7. The molecule has 0 spiro atoms. The Balaban J connectivity index is 1.92. The fourth-order valence-electron chi connectivity index (χ4n) is 3.15. The molecule has 8 nitrogen and oxygen atoms in total. The highest BCUT2D eigenvalue weighted by atomic mass is 16.5. The number of nitriles is 1. The number of esters is 1. The highest BCUT2D eigenvalue weighted by Crippen LogP contribution is 2.29. The van der Waals surface area contributed by atoms with Gasteiger partial charge < -0.3 is 14.3 Å². The molecule has 0 saturated heterocycles. The minimum absolute atomic E-state index is 0.142. The van der Waals surface area contributed by atoms with Crippen LogP contribution < -0.4 is 0 Å². The molecule has 0 bridgehead atoms. The van der Waals surface area contributed by atoms with E-state index in [1.54, 1.807) is 43.3 Å². The lowest BCUT2D eigenvalue weighted by molar-refractivity contribution is -0.141. The third-order valence-electron chi connectivity index (χ3n) is 4.74. The van der Waals surface area contributed by atoms with Crippen molar-refractivity contribution in [3.63, 3.8) is 0 Å². The molecule has 3 rings (SSSR count). The van der Waals surface area contributed by atoms with Crippen molar-refractivity contribution in [3.05, 3.63) is 64.4 Å². The number of amides is 2. The second-order valence-corrected chi connectivity index (χ2v) is 6.66. The maximum absolute atomic E-state index is 12.7. The van der Waals surface area contributed by atoms with Crippen LogP contribution in [-0.4, -0.2) is 47.5 Å².